The number of carbonyl (C=O) groups is 1. The predicted molar refractivity (Wildman–Crippen MR) is 133 cm³/mol. The monoisotopic (exact) mass is 488 g/mol. The lowest BCUT2D eigenvalue weighted by molar-refractivity contribution is -0.193. The summed E-state index contributed by atoms with van der Waals surface area (Å²) in [5.74, 6) is 1.61. The van der Waals surface area contributed by atoms with Crippen molar-refractivity contribution in [2.24, 2.45) is 50.7 Å². The highest BCUT2D eigenvalue weighted by molar-refractivity contribution is 5.93. The second kappa shape index (κ2) is 6.93. The summed E-state index contributed by atoms with van der Waals surface area (Å²) in [7, 11) is 0. The number of fused-ring (bicyclic) bond motifs is 4. The molecule has 0 aromatic rings. The minimum atomic E-state index is -1.26. The van der Waals surface area contributed by atoms with Crippen molar-refractivity contribution in [1.82, 2.24) is 0 Å². The van der Waals surface area contributed by atoms with E-state index in [-0.39, 0.29) is 40.0 Å². The molecule has 5 aliphatic carbocycles. The van der Waals surface area contributed by atoms with E-state index in [1.165, 1.54) is 12.8 Å². The first kappa shape index (κ1) is 24.8. The summed E-state index contributed by atoms with van der Waals surface area (Å²) in [6.45, 7) is 14.7. The fourth-order valence-electron chi connectivity index (χ4n) is 11.7. The lowest BCUT2D eigenvalue weighted by Gasteiger charge is -2.62. The van der Waals surface area contributed by atoms with Crippen molar-refractivity contribution >= 4 is 5.78 Å². The first-order valence-electron chi connectivity index (χ1n) is 14.4. The maximum absolute atomic E-state index is 14.5. The standard InChI is InChI=1S/C30H48O5/c1-16-14-17(23(32)26(4,5)34)35-22-21(16)27(6)12-13-30-15-29(30)11-10-20(31)25(2,3)18(29)8-9-19(30)28(27,7)24(22)33/h16-23,31-32,34H,8-15H2,1-7H3/t16-,17-,18?,19?,20+,21?,22-,23+,27-,28-,29-,30+/m1/s1. The topological polar surface area (TPSA) is 87.0 Å². The molecule has 3 N–H and O–H groups in total. The first-order chi connectivity index (χ1) is 16.1. The zero-order valence-electron chi connectivity index (χ0n) is 22.9. The summed E-state index contributed by atoms with van der Waals surface area (Å²) in [5.41, 5.74) is -1.31. The van der Waals surface area contributed by atoms with Crippen molar-refractivity contribution in [2.45, 2.75) is 130 Å². The van der Waals surface area contributed by atoms with Gasteiger partial charge in [-0.1, -0.05) is 34.6 Å². The van der Waals surface area contributed by atoms with E-state index < -0.39 is 29.3 Å². The van der Waals surface area contributed by atoms with E-state index in [0.29, 0.717) is 23.7 Å². The Morgan fingerprint density at radius 2 is 1.63 bits per heavy atom. The highest BCUT2D eigenvalue weighted by Crippen LogP contribution is 2.88. The number of carbonyl (C=O) groups excluding carboxylic acids is 1. The average molecular weight is 489 g/mol. The molecule has 35 heavy (non-hydrogen) atoms. The molecule has 6 fully saturated rings. The Morgan fingerprint density at radius 1 is 1.00 bits per heavy atom. The number of aliphatic hydroxyl groups excluding tert-OH is 2. The Hall–Kier alpha value is -0.490. The minimum absolute atomic E-state index is 0.0554. The highest BCUT2D eigenvalue weighted by Gasteiger charge is 2.84. The van der Waals surface area contributed by atoms with Crippen molar-refractivity contribution in [3.63, 3.8) is 0 Å². The molecular formula is C30H48O5. The fourth-order valence-corrected chi connectivity index (χ4v) is 11.7. The molecule has 3 unspecified atom stereocenters. The average Bonchev–Trinajstić information content (AvgIpc) is 3.40. The molecule has 1 heterocycles. The lowest BCUT2D eigenvalue weighted by atomic mass is 9.41. The van der Waals surface area contributed by atoms with Crippen molar-refractivity contribution in [3.05, 3.63) is 0 Å². The molecule has 1 saturated heterocycles. The van der Waals surface area contributed by atoms with Gasteiger partial charge in [0.25, 0.3) is 0 Å². The number of hydrogen-bond acceptors (Lipinski definition) is 5. The molecule has 0 aromatic heterocycles. The summed E-state index contributed by atoms with van der Waals surface area (Å²) in [6, 6.07) is 0. The normalized spacial score (nSPS) is 57.3. The van der Waals surface area contributed by atoms with Gasteiger partial charge in [-0.15, -0.1) is 0 Å². The SMILES string of the molecule is C[C@@H]1C[C@H]([C@H](O)C(C)(C)O)O[C@H]2C(=O)[C@@]3(C)C4CCC5C(C)(C)[C@@H](O)CC[C@@]56C[C@@]46CC[C@]3(C)C12. The lowest BCUT2D eigenvalue weighted by Crippen LogP contribution is -2.59. The molecule has 0 aromatic carbocycles. The van der Waals surface area contributed by atoms with Crippen LogP contribution in [-0.4, -0.2) is 51.1 Å². The zero-order chi connectivity index (χ0) is 25.6. The van der Waals surface area contributed by atoms with Gasteiger partial charge in [0.15, 0.2) is 5.78 Å². The van der Waals surface area contributed by atoms with Crippen LogP contribution in [0.2, 0.25) is 0 Å². The van der Waals surface area contributed by atoms with Crippen molar-refractivity contribution in [1.29, 1.82) is 0 Å². The van der Waals surface area contributed by atoms with Crippen LogP contribution < -0.4 is 0 Å². The maximum atomic E-state index is 14.5. The van der Waals surface area contributed by atoms with Crippen LogP contribution in [0.25, 0.3) is 0 Å². The van der Waals surface area contributed by atoms with Gasteiger partial charge in [0, 0.05) is 11.3 Å². The van der Waals surface area contributed by atoms with Crippen LogP contribution in [0.3, 0.4) is 0 Å². The van der Waals surface area contributed by atoms with Gasteiger partial charge in [0.1, 0.15) is 12.2 Å². The van der Waals surface area contributed by atoms with Crippen LogP contribution in [0.1, 0.15) is 99.8 Å². The van der Waals surface area contributed by atoms with Gasteiger partial charge in [-0.3, -0.25) is 4.79 Å². The van der Waals surface area contributed by atoms with Crippen LogP contribution in [0.15, 0.2) is 0 Å². The van der Waals surface area contributed by atoms with Crippen molar-refractivity contribution < 1.29 is 24.9 Å². The summed E-state index contributed by atoms with van der Waals surface area (Å²) in [6.07, 6.45) is 6.14. The molecule has 0 radical (unpaired) electrons. The maximum Gasteiger partial charge on any atom is 0.168 e. The Balaban J connectivity index is 1.37. The van der Waals surface area contributed by atoms with Gasteiger partial charge < -0.3 is 20.1 Å². The van der Waals surface area contributed by atoms with Crippen LogP contribution in [0.5, 0.6) is 0 Å². The van der Waals surface area contributed by atoms with Crippen molar-refractivity contribution in [2.75, 3.05) is 0 Å². The van der Waals surface area contributed by atoms with Gasteiger partial charge in [0.05, 0.1) is 17.8 Å². The van der Waals surface area contributed by atoms with E-state index in [4.69, 9.17) is 4.74 Å². The Bertz CT molecular complexity index is 938. The molecule has 198 valence electrons. The van der Waals surface area contributed by atoms with Crippen LogP contribution >= 0.6 is 0 Å². The number of aliphatic hydroxyl groups is 3. The Kier molecular flexibility index (Phi) is 4.91. The minimum Gasteiger partial charge on any atom is -0.393 e. The van der Waals surface area contributed by atoms with E-state index in [1.54, 1.807) is 13.8 Å². The van der Waals surface area contributed by atoms with Crippen LogP contribution in [0, 0.1) is 50.7 Å². The molecule has 0 amide bonds. The number of ether oxygens (including phenoxy) is 1. The van der Waals surface area contributed by atoms with Gasteiger partial charge in [0.2, 0.25) is 0 Å². The third-order valence-corrected chi connectivity index (χ3v) is 13.6. The summed E-state index contributed by atoms with van der Waals surface area (Å²) in [5, 5.41) is 32.2. The number of Topliss-reactive ketones (excluding diaryl/α,β-unsaturated/α-hetero) is 1. The summed E-state index contributed by atoms with van der Waals surface area (Å²) in [4.78, 5) is 14.5. The van der Waals surface area contributed by atoms with E-state index in [1.807, 2.05) is 0 Å². The van der Waals surface area contributed by atoms with E-state index in [9.17, 15) is 20.1 Å². The van der Waals surface area contributed by atoms with E-state index in [2.05, 4.69) is 34.6 Å². The van der Waals surface area contributed by atoms with Crippen LogP contribution in [0.4, 0.5) is 0 Å². The molecule has 0 bridgehead atoms. The molecule has 2 spiro atoms. The molecule has 6 rings (SSSR count). The second-order valence-corrected chi connectivity index (χ2v) is 15.5. The second-order valence-electron chi connectivity index (χ2n) is 15.5. The largest absolute Gasteiger partial charge is 0.393 e. The molecule has 1 aliphatic heterocycles. The Labute approximate surface area is 211 Å². The van der Waals surface area contributed by atoms with Crippen LogP contribution in [-0.2, 0) is 9.53 Å². The van der Waals surface area contributed by atoms with Gasteiger partial charge in [-0.2, -0.15) is 0 Å². The van der Waals surface area contributed by atoms with E-state index >= 15 is 0 Å². The molecular weight excluding hydrogens is 440 g/mol. The number of ketones is 1. The molecule has 6 aliphatic rings. The van der Waals surface area contributed by atoms with Gasteiger partial charge in [-0.05, 0) is 105 Å². The summed E-state index contributed by atoms with van der Waals surface area (Å²) >= 11 is 0. The molecule has 5 nitrogen and oxygen atoms in total. The zero-order valence-corrected chi connectivity index (χ0v) is 22.9. The van der Waals surface area contributed by atoms with Crippen molar-refractivity contribution in [3.8, 4) is 0 Å². The summed E-state index contributed by atoms with van der Waals surface area (Å²) < 4.78 is 6.49. The van der Waals surface area contributed by atoms with Gasteiger partial charge in [-0.25, -0.2) is 0 Å². The number of rotatable bonds is 2. The first-order valence-corrected chi connectivity index (χ1v) is 14.4. The quantitative estimate of drug-likeness (QED) is 0.533. The highest BCUT2D eigenvalue weighted by atomic mass is 16.5. The third-order valence-electron chi connectivity index (χ3n) is 13.6. The fraction of sp³-hybridized carbons (Fsp3) is 0.967. The van der Waals surface area contributed by atoms with Gasteiger partial charge >= 0.3 is 0 Å². The molecule has 12 atom stereocenters. The smallest absolute Gasteiger partial charge is 0.168 e. The molecule has 5 heteroatoms. The molecule has 5 saturated carbocycles. The van der Waals surface area contributed by atoms with E-state index in [0.717, 1.165) is 32.1 Å². The predicted octanol–water partition coefficient (Wildman–Crippen LogP) is 4.50. The third kappa shape index (κ3) is 2.68. The number of hydrogen-bond donors (Lipinski definition) is 3. The Morgan fingerprint density at radius 3 is 2.29 bits per heavy atom.